The first-order chi connectivity index (χ1) is 21.8. The van der Waals surface area contributed by atoms with E-state index in [2.05, 4.69) is 5.32 Å². The molecule has 4 aliphatic rings. The van der Waals surface area contributed by atoms with Gasteiger partial charge < -0.3 is 24.9 Å². The lowest BCUT2D eigenvalue weighted by Crippen LogP contribution is -2.42. The van der Waals surface area contributed by atoms with Crippen LogP contribution < -0.4 is 20.5 Å². The quantitative estimate of drug-likeness (QED) is 0.150. The normalized spacial score (nSPS) is 26.1. The van der Waals surface area contributed by atoms with Gasteiger partial charge in [0.1, 0.15) is 27.3 Å². The first-order valence-electron chi connectivity index (χ1n) is 15.5. The molecule has 1 saturated heterocycles. The maximum atomic E-state index is 13.7. The van der Waals surface area contributed by atoms with Crippen LogP contribution in [0.25, 0.3) is 17.4 Å². The number of rotatable bonds is 12. The number of thioether (sulfide) groups is 1. The smallest absolute Gasteiger partial charge is 0.266 e. The highest BCUT2D eigenvalue weighted by atomic mass is 32.2. The van der Waals surface area contributed by atoms with Crippen LogP contribution in [0.2, 0.25) is 0 Å². The van der Waals surface area contributed by atoms with Crippen molar-refractivity contribution in [2.75, 3.05) is 20.8 Å². The van der Waals surface area contributed by atoms with Gasteiger partial charge in [0.2, 0.25) is 5.91 Å². The molecule has 5 atom stereocenters. The number of methoxy groups -OCH3 is 2. The third-order valence-corrected chi connectivity index (χ3v) is 11.2. The molecule has 1 aromatic heterocycles. The molecule has 2 aromatic carbocycles. The Bertz CT molecular complexity index is 1670. The lowest BCUT2D eigenvalue weighted by atomic mass is 10.1. The van der Waals surface area contributed by atoms with Crippen molar-refractivity contribution in [3.63, 3.8) is 0 Å². The Morgan fingerprint density at radius 3 is 2.60 bits per heavy atom. The lowest BCUT2D eigenvalue weighted by Gasteiger charge is -2.25. The summed E-state index contributed by atoms with van der Waals surface area (Å²) in [6.07, 6.45) is 7.24. The van der Waals surface area contributed by atoms with Crippen molar-refractivity contribution in [2.24, 2.45) is 23.0 Å². The van der Waals surface area contributed by atoms with E-state index in [4.69, 9.17) is 31.8 Å². The van der Waals surface area contributed by atoms with Gasteiger partial charge in [0, 0.05) is 30.3 Å². The fourth-order valence-corrected chi connectivity index (χ4v) is 8.70. The Balaban J connectivity index is 1.08. The predicted molar refractivity (Wildman–Crippen MR) is 179 cm³/mol. The molecule has 7 rings (SSSR count). The van der Waals surface area contributed by atoms with Crippen molar-refractivity contribution in [1.29, 1.82) is 0 Å². The van der Waals surface area contributed by atoms with E-state index in [0.717, 1.165) is 29.0 Å². The average molecular weight is 644 g/mol. The summed E-state index contributed by atoms with van der Waals surface area (Å²) in [4.78, 5) is 28.8. The van der Waals surface area contributed by atoms with Gasteiger partial charge in [-0.25, -0.2) is 0 Å². The van der Waals surface area contributed by atoms with Crippen LogP contribution >= 0.6 is 24.0 Å². The number of amides is 2. The molecule has 8 nitrogen and oxygen atoms in total. The van der Waals surface area contributed by atoms with Crippen LogP contribution in [0.15, 0.2) is 63.9 Å². The zero-order valence-electron chi connectivity index (χ0n) is 25.4. The number of benzene rings is 2. The number of carbonyl (C=O) groups is 2. The number of hydrogen-bond donors (Lipinski definition) is 2. The summed E-state index contributed by atoms with van der Waals surface area (Å²) in [5.41, 5.74) is 9.45. The summed E-state index contributed by atoms with van der Waals surface area (Å²) >= 11 is 7.09. The Kier molecular flexibility index (Phi) is 8.00. The van der Waals surface area contributed by atoms with Gasteiger partial charge in [0.05, 0.1) is 25.2 Å². The van der Waals surface area contributed by atoms with Crippen molar-refractivity contribution < 1.29 is 23.5 Å². The van der Waals surface area contributed by atoms with Gasteiger partial charge in [-0.05, 0) is 85.1 Å². The van der Waals surface area contributed by atoms with Crippen LogP contribution in [0.5, 0.6) is 11.5 Å². The van der Waals surface area contributed by atoms with Gasteiger partial charge in [-0.3, -0.25) is 14.5 Å². The first kappa shape index (κ1) is 30.1. The van der Waals surface area contributed by atoms with Crippen molar-refractivity contribution in [2.45, 2.75) is 50.6 Å². The minimum atomic E-state index is -0.621. The van der Waals surface area contributed by atoms with E-state index in [0.29, 0.717) is 69.4 Å². The molecule has 5 unspecified atom stereocenters. The Morgan fingerprint density at radius 1 is 1.18 bits per heavy atom. The first-order valence-corrected chi connectivity index (χ1v) is 16.7. The maximum absolute atomic E-state index is 13.7. The van der Waals surface area contributed by atoms with E-state index in [1.54, 1.807) is 14.2 Å². The molecule has 3 N–H and O–H groups in total. The van der Waals surface area contributed by atoms with E-state index in [9.17, 15) is 9.59 Å². The highest BCUT2D eigenvalue weighted by Crippen LogP contribution is 2.82. The Hall–Kier alpha value is -3.60. The molecular formula is C35H37N3O5S2. The summed E-state index contributed by atoms with van der Waals surface area (Å²) in [5.74, 6) is 3.71. The third kappa shape index (κ3) is 5.79. The standard InChI is InChI=1S/C35H37N3O5S2/c1-41-24-12-22(13-25(16-24)42-2)29-14-21(9-6-10-37-32(39)27(36)11-20-7-4-3-5-8-20)30(43-29)17-31-33(40)38(34(44)45-31)28-15-23-18-35(23)19-26(28)35/h3-5,7-8,12-14,16-17,23,26-28H,6,9-11,15,18-19,36H2,1-2H3,(H,37,39). The fraction of sp³-hybridized carbons (Fsp3) is 0.400. The van der Waals surface area contributed by atoms with Crippen LogP contribution in [0, 0.1) is 17.3 Å². The largest absolute Gasteiger partial charge is 0.497 e. The number of ether oxygens (including phenoxy) is 2. The molecule has 1 spiro atoms. The maximum Gasteiger partial charge on any atom is 0.266 e. The summed E-state index contributed by atoms with van der Waals surface area (Å²) < 4.78 is 18.0. The minimum Gasteiger partial charge on any atom is -0.497 e. The molecule has 1 aliphatic heterocycles. The van der Waals surface area contributed by atoms with Gasteiger partial charge in [-0.1, -0.05) is 54.3 Å². The topological polar surface area (TPSA) is 107 Å². The second-order valence-corrected chi connectivity index (χ2v) is 14.3. The molecule has 10 heteroatoms. The van der Waals surface area contributed by atoms with E-state index in [1.165, 1.54) is 24.6 Å². The van der Waals surface area contributed by atoms with Crippen molar-refractivity contribution in [3.8, 4) is 22.8 Å². The Morgan fingerprint density at radius 2 is 1.93 bits per heavy atom. The van der Waals surface area contributed by atoms with Gasteiger partial charge in [0.25, 0.3) is 5.91 Å². The SMILES string of the molecule is COc1cc(OC)cc(-c2cc(CCCNC(=O)C(N)Cc3ccccc3)c(C=C3SC(=S)N(C4CC5CC56CC46)C3=O)o2)c1. The zero-order valence-corrected chi connectivity index (χ0v) is 27.0. The van der Waals surface area contributed by atoms with Crippen molar-refractivity contribution >= 4 is 46.2 Å². The van der Waals surface area contributed by atoms with Gasteiger partial charge >= 0.3 is 0 Å². The molecule has 3 aromatic rings. The number of thiocarbonyl (C=S) groups is 1. The van der Waals surface area contributed by atoms with Gasteiger partial charge in [-0.15, -0.1) is 0 Å². The van der Waals surface area contributed by atoms with Crippen molar-refractivity contribution in [3.05, 3.63) is 76.4 Å². The monoisotopic (exact) mass is 643 g/mol. The molecule has 3 saturated carbocycles. The predicted octanol–water partition coefficient (Wildman–Crippen LogP) is 5.58. The van der Waals surface area contributed by atoms with Crippen LogP contribution in [-0.4, -0.2) is 53.9 Å². The number of hydrogen-bond acceptors (Lipinski definition) is 8. The second kappa shape index (κ2) is 12.0. The fourth-order valence-electron chi connectivity index (χ4n) is 7.35. The third-order valence-electron chi connectivity index (χ3n) is 9.90. The summed E-state index contributed by atoms with van der Waals surface area (Å²) in [6, 6.07) is 16.9. The molecule has 234 valence electrons. The molecule has 0 bridgehead atoms. The number of nitrogens with one attached hydrogen (secondary N) is 1. The molecule has 45 heavy (non-hydrogen) atoms. The average Bonchev–Trinajstić information content (AvgIpc) is 3.83. The number of nitrogens with zero attached hydrogens (tertiary/aromatic N) is 1. The lowest BCUT2D eigenvalue weighted by molar-refractivity contribution is -0.124. The highest BCUT2D eigenvalue weighted by molar-refractivity contribution is 8.26. The summed E-state index contributed by atoms with van der Waals surface area (Å²) in [5, 5.41) is 2.97. The highest BCUT2D eigenvalue weighted by Gasteiger charge is 2.78. The molecular weight excluding hydrogens is 607 g/mol. The summed E-state index contributed by atoms with van der Waals surface area (Å²) in [7, 11) is 3.22. The zero-order chi connectivity index (χ0) is 31.3. The summed E-state index contributed by atoms with van der Waals surface area (Å²) in [6.45, 7) is 0.461. The van der Waals surface area contributed by atoms with E-state index < -0.39 is 6.04 Å². The van der Waals surface area contributed by atoms with Crippen LogP contribution in [0.4, 0.5) is 0 Å². The molecule has 4 fully saturated rings. The molecule has 2 heterocycles. The van der Waals surface area contributed by atoms with Crippen LogP contribution in [0.1, 0.15) is 42.6 Å². The number of carbonyl (C=O) groups excluding carboxylic acids is 2. The molecule has 2 amide bonds. The molecule has 3 aliphatic carbocycles. The van der Waals surface area contributed by atoms with Crippen LogP contribution in [-0.2, 0) is 22.4 Å². The van der Waals surface area contributed by atoms with Crippen LogP contribution in [0.3, 0.4) is 0 Å². The van der Waals surface area contributed by atoms with Gasteiger partial charge in [0.15, 0.2) is 0 Å². The van der Waals surface area contributed by atoms with Crippen molar-refractivity contribution in [1.82, 2.24) is 10.2 Å². The molecule has 0 radical (unpaired) electrons. The van der Waals surface area contributed by atoms with Gasteiger partial charge in [-0.2, -0.15) is 0 Å². The number of nitrogens with two attached hydrogens (primary N) is 1. The number of furan rings is 1. The van der Waals surface area contributed by atoms with E-state index >= 15 is 0 Å². The Labute approximate surface area is 272 Å². The van der Waals surface area contributed by atoms with E-state index in [-0.39, 0.29) is 17.9 Å². The van der Waals surface area contributed by atoms with E-state index in [1.807, 2.05) is 65.6 Å². The number of aryl methyl sites for hydroxylation is 1. The minimum absolute atomic E-state index is 0.0232. The second-order valence-electron chi connectivity index (χ2n) is 12.6.